The van der Waals surface area contributed by atoms with E-state index in [9.17, 15) is 0 Å². The van der Waals surface area contributed by atoms with E-state index in [-0.39, 0.29) is 6.04 Å². The van der Waals surface area contributed by atoms with Gasteiger partial charge in [-0.3, -0.25) is 0 Å². The van der Waals surface area contributed by atoms with Gasteiger partial charge in [-0.05, 0) is 28.4 Å². The number of rotatable bonds is 1. The van der Waals surface area contributed by atoms with E-state index in [0.29, 0.717) is 0 Å². The quantitative estimate of drug-likeness (QED) is 0.789. The van der Waals surface area contributed by atoms with E-state index in [1.807, 2.05) is 19.2 Å². The Kier molecular flexibility index (Phi) is 2.14. The number of hydrogen-bond donors (Lipinski definition) is 2. The molecule has 2 aromatic rings. The number of aromatic nitrogens is 1. The number of halogens is 1. The molecule has 1 aromatic carbocycles. The van der Waals surface area contributed by atoms with Crippen molar-refractivity contribution in [2.24, 2.45) is 5.73 Å². The van der Waals surface area contributed by atoms with Gasteiger partial charge in [-0.1, -0.05) is 18.2 Å². The van der Waals surface area contributed by atoms with E-state index < -0.39 is 0 Å². The highest BCUT2D eigenvalue weighted by Crippen LogP contribution is 2.27. The molecule has 1 atom stereocenters. The van der Waals surface area contributed by atoms with Crippen LogP contribution in [0.1, 0.15) is 18.5 Å². The van der Waals surface area contributed by atoms with Crippen LogP contribution in [0.5, 0.6) is 0 Å². The predicted octanol–water partition coefficient (Wildman–Crippen LogP) is 2.95. The van der Waals surface area contributed by atoms with E-state index in [4.69, 9.17) is 5.73 Å². The molecule has 0 amide bonds. The van der Waals surface area contributed by atoms with Crippen molar-refractivity contribution in [1.82, 2.24) is 4.98 Å². The van der Waals surface area contributed by atoms with Crippen molar-refractivity contribution < 1.29 is 0 Å². The van der Waals surface area contributed by atoms with Crippen LogP contribution in [0.3, 0.4) is 0 Å². The first-order chi connectivity index (χ1) is 6.20. The van der Waals surface area contributed by atoms with Crippen LogP contribution in [0.4, 0.5) is 0 Å². The molecule has 3 N–H and O–H groups in total. The number of aromatic amines is 1. The van der Waals surface area contributed by atoms with Gasteiger partial charge in [0.2, 0.25) is 0 Å². The minimum Gasteiger partial charge on any atom is -0.360 e. The highest BCUT2D eigenvalue weighted by atomic mass is 79.9. The van der Waals surface area contributed by atoms with E-state index in [1.54, 1.807) is 0 Å². The zero-order valence-electron chi connectivity index (χ0n) is 7.34. The average Bonchev–Trinajstić information content (AvgIpc) is 2.48. The van der Waals surface area contributed by atoms with Crippen LogP contribution in [0, 0.1) is 0 Å². The summed E-state index contributed by atoms with van der Waals surface area (Å²) in [5.74, 6) is 0. The minimum absolute atomic E-state index is 0.0641. The van der Waals surface area contributed by atoms with E-state index in [1.165, 1.54) is 5.39 Å². The van der Waals surface area contributed by atoms with Crippen molar-refractivity contribution in [3.8, 4) is 0 Å². The Morgan fingerprint density at radius 2 is 2.23 bits per heavy atom. The number of benzene rings is 1. The summed E-state index contributed by atoms with van der Waals surface area (Å²) in [5, 5.41) is 1.19. The Bertz CT molecular complexity index is 431. The zero-order valence-corrected chi connectivity index (χ0v) is 8.93. The van der Waals surface area contributed by atoms with Gasteiger partial charge in [0.25, 0.3) is 0 Å². The smallest absolute Gasteiger partial charge is 0.0514 e. The van der Waals surface area contributed by atoms with Gasteiger partial charge in [0.1, 0.15) is 0 Å². The monoisotopic (exact) mass is 238 g/mol. The lowest BCUT2D eigenvalue weighted by molar-refractivity contribution is 0.824. The summed E-state index contributed by atoms with van der Waals surface area (Å²) in [5.41, 5.74) is 8.14. The molecule has 0 spiro atoms. The molecule has 13 heavy (non-hydrogen) atoms. The number of nitrogens with one attached hydrogen (secondary N) is 1. The van der Waals surface area contributed by atoms with Crippen molar-refractivity contribution in [2.75, 3.05) is 0 Å². The lowest BCUT2D eigenvalue weighted by atomic mass is 10.1. The molecule has 0 aliphatic rings. The summed E-state index contributed by atoms with van der Waals surface area (Å²) in [7, 11) is 0. The van der Waals surface area contributed by atoms with E-state index >= 15 is 0 Å². The Balaban J connectivity index is 2.77. The van der Waals surface area contributed by atoms with Crippen LogP contribution >= 0.6 is 15.9 Å². The van der Waals surface area contributed by atoms with Crippen molar-refractivity contribution in [3.05, 3.63) is 34.4 Å². The highest BCUT2D eigenvalue weighted by Gasteiger charge is 2.07. The fourth-order valence-corrected chi connectivity index (χ4v) is 1.97. The molecule has 0 fully saturated rings. The van der Waals surface area contributed by atoms with Crippen LogP contribution in [-0.4, -0.2) is 4.98 Å². The summed E-state index contributed by atoms with van der Waals surface area (Å²) in [6.07, 6.45) is 1.94. The minimum atomic E-state index is 0.0641. The van der Waals surface area contributed by atoms with Crippen LogP contribution < -0.4 is 5.73 Å². The molecular formula is C10H11BrN2. The Morgan fingerprint density at radius 3 is 2.92 bits per heavy atom. The lowest BCUT2D eigenvalue weighted by Crippen LogP contribution is -2.05. The fraction of sp³-hybridized carbons (Fsp3) is 0.200. The summed E-state index contributed by atoms with van der Waals surface area (Å²) in [4.78, 5) is 3.21. The van der Waals surface area contributed by atoms with Crippen molar-refractivity contribution in [1.29, 1.82) is 0 Å². The summed E-state index contributed by atoms with van der Waals surface area (Å²) in [6.45, 7) is 1.99. The maximum atomic E-state index is 5.85. The van der Waals surface area contributed by atoms with Crippen molar-refractivity contribution in [3.63, 3.8) is 0 Å². The molecular weight excluding hydrogens is 228 g/mol. The molecule has 1 heterocycles. The Morgan fingerprint density at radius 1 is 1.46 bits per heavy atom. The van der Waals surface area contributed by atoms with Crippen LogP contribution in [0.15, 0.2) is 28.9 Å². The van der Waals surface area contributed by atoms with Gasteiger partial charge in [-0.25, -0.2) is 0 Å². The second-order valence-corrected chi connectivity index (χ2v) is 4.05. The van der Waals surface area contributed by atoms with Gasteiger partial charge in [-0.2, -0.15) is 0 Å². The number of fused-ring (bicyclic) bond motifs is 1. The maximum absolute atomic E-state index is 5.85. The topological polar surface area (TPSA) is 41.8 Å². The molecule has 0 bridgehead atoms. The second kappa shape index (κ2) is 3.16. The Hall–Kier alpha value is -0.800. The first-order valence-corrected chi connectivity index (χ1v) is 5.00. The number of hydrogen-bond acceptors (Lipinski definition) is 1. The fourth-order valence-electron chi connectivity index (χ4n) is 1.52. The highest BCUT2D eigenvalue weighted by molar-refractivity contribution is 9.10. The summed E-state index contributed by atoms with van der Waals surface area (Å²) >= 11 is 3.48. The second-order valence-electron chi connectivity index (χ2n) is 3.20. The lowest BCUT2D eigenvalue weighted by Gasteiger charge is -2.06. The third-order valence-corrected chi connectivity index (χ3v) is 2.84. The molecule has 0 saturated heterocycles. The van der Waals surface area contributed by atoms with Crippen LogP contribution in [0.2, 0.25) is 0 Å². The molecule has 1 unspecified atom stereocenters. The molecule has 0 aliphatic carbocycles. The maximum Gasteiger partial charge on any atom is 0.0514 e. The van der Waals surface area contributed by atoms with Gasteiger partial charge in [0.15, 0.2) is 0 Å². The van der Waals surface area contributed by atoms with Crippen LogP contribution in [0.25, 0.3) is 10.9 Å². The molecule has 2 rings (SSSR count). The number of nitrogens with two attached hydrogens (primary N) is 1. The molecule has 68 valence electrons. The number of para-hydroxylation sites is 1. The van der Waals surface area contributed by atoms with Gasteiger partial charge < -0.3 is 10.7 Å². The molecule has 0 saturated carbocycles. The molecule has 3 heteroatoms. The zero-order chi connectivity index (χ0) is 9.42. The van der Waals surface area contributed by atoms with Gasteiger partial charge >= 0.3 is 0 Å². The van der Waals surface area contributed by atoms with Gasteiger partial charge in [0.05, 0.1) is 5.52 Å². The molecule has 0 radical (unpaired) electrons. The first-order valence-electron chi connectivity index (χ1n) is 4.21. The van der Waals surface area contributed by atoms with Crippen molar-refractivity contribution >= 4 is 26.8 Å². The Labute approximate surface area is 85.3 Å². The SMILES string of the molecule is CC(N)c1cccc2c(Br)c[nH]c12. The summed E-state index contributed by atoms with van der Waals surface area (Å²) in [6, 6.07) is 6.21. The average molecular weight is 239 g/mol. The molecule has 1 aromatic heterocycles. The summed E-state index contributed by atoms with van der Waals surface area (Å²) < 4.78 is 1.09. The normalized spacial score (nSPS) is 13.5. The third-order valence-electron chi connectivity index (χ3n) is 2.19. The predicted molar refractivity (Wildman–Crippen MR) is 58.6 cm³/mol. The number of H-pyrrole nitrogens is 1. The molecule has 0 aliphatic heterocycles. The largest absolute Gasteiger partial charge is 0.360 e. The van der Waals surface area contributed by atoms with E-state index in [2.05, 4.69) is 33.0 Å². The molecule has 2 nitrogen and oxygen atoms in total. The first kappa shape index (κ1) is 8.78. The third kappa shape index (κ3) is 1.38. The van der Waals surface area contributed by atoms with E-state index in [0.717, 1.165) is 15.6 Å². The van der Waals surface area contributed by atoms with Gasteiger partial charge in [0, 0.05) is 22.1 Å². The van der Waals surface area contributed by atoms with Crippen molar-refractivity contribution in [2.45, 2.75) is 13.0 Å². The van der Waals surface area contributed by atoms with Gasteiger partial charge in [-0.15, -0.1) is 0 Å². The van der Waals surface area contributed by atoms with Crippen LogP contribution in [-0.2, 0) is 0 Å². The standard InChI is InChI=1S/C10H11BrN2/c1-6(12)7-3-2-4-8-9(11)5-13-10(7)8/h2-6,13H,12H2,1H3.